The second kappa shape index (κ2) is 8.86. The minimum atomic E-state index is 0.451. The van der Waals surface area contributed by atoms with Crippen LogP contribution in [-0.2, 0) is 6.54 Å². The van der Waals surface area contributed by atoms with Crippen molar-refractivity contribution in [1.82, 2.24) is 20.1 Å². The third-order valence-corrected chi connectivity index (χ3v) is 6.25. The van der Waals surface area contributed by atoms with E-state index in [1.54, 1.807) is 0 Å². The topological polar surface area (TPSA) is 44.8 Å². The number of rotatable bonds is 5. The standard InChI is InChI=1S/C27H28N4/c1-20-12-13-25(21-8-4-2-5-9-21)24(18-20)19-31-16-14-23(15-17-31)27-28-26(29-30-27)22-10-6-3-7-11-22/h2-13,18,23H,14-17,19H2,1H3,(H,28,29,30). The fraction of sp³-hybridized carbons (Fsp3) is 0.259. The Kier molecular flexibility index (Phi) is 5.63. The normalized spacial score (nSPS) is 15.3. The summed E-state index contributed by atoms with van der Waals surface area (Å²) in [5.74, 6) is 2.27. The molecular formula is C27H28N4. The number of aromatic nitrogens is 3. The van der Waals surface area contributed by atoms with Gasteiger partial charge in [-0.3, -0.25) is 10.00 Å². The van der Waals surface area contributed by atoms with Crippen LogP contribution in [0.15, 0.2) is 78.9 Å². The Morgan fingerprint density at radius 3 is 2.26 bits per heavy atom. The molecule has 1 saturated heterocycles. The van der Waals surface area contributed by atoms with Gasteiger partial charge in [0, 0.05) is 18.0 Å². The minimum Gasteiger partial charge on any atom is -0.299 e. The number of benzene rings is 3. The lowest BCUT2D eigenvalue weighted by molar-refractivity contribution is 0.202. The van der Waals surface area contributed by atoms with Gasteiger partial charge in [0.05, 0.1) is 0 Å². The smallest absolute Gasteiger partial charge is 0.181 e. The largest absolute Gasteiger partial charge is 0.299 e. The van der Waals surface area contributed by atoms with Crippen molar-refractivity contribution < 1.29 is 0 Å². The summed E-state index contributed by atoms with van der Waals surface area (Å²) in [5.41, 5.74) is 6.43. The van der Waals surface area contributed by atoms with E-state index in [-0.39, 0.29) is 0 Å². The van der Waals surface area contributed by atoms with Crippen LogP contribution in [-0.4, -0.2) is 33.2 Å². The Labute approximate surface area is 184 Å². The van der Waals surface area contributed by atoms with E-state index in [2.05, 4.69) is 82.7 Å². The van der Waals surface area contributed by atoms with E-state index < -0.39 is 0 Å². The predicted octanol–water partition coefficient (Wildman–Crippen LogP) is 5.83. The molecule has 0 spiro atoms. The van der Waals surface area contributed by atoms with Gasteiger partial charge < -0.3 is 0 Å². The number of hydrogen-bond donors (Lipinski definition) is 1. The zero-order chi connectivity index (χ0) is 21.0. The van der Waals surface area contributed by atoms with Crippen LogP contribution < -0.4 is 0 Å². The Bertz CT molecular complexity index is 1130. The van der Waals surface area contributed by atoms with Gasteiger partial charge in [0.2, 0.25) is 0 Å². The van der Waals surface area contributed by atoms with Gasteiger partial charge in [0.15, 0.2) is 5.82 Å². The quantitative estimate of drug-likeness (QED) is 0.452. The molecular weight excluding hydrogens is 380 g/mol. The highest BCUT2D eigenvalue weighted by atomic mass is 15.2. The molecule has 0 unspecified atom stereocenters. The molecule has 3 aromatic carbocycles. The van der Waals surface area contributed by atoms with Crippen LogP contribution >= 0.6 is 0 Å². The molecule has 0 amide bonds. The third-order valence-electron chi connectivity index (χ3n) is 6.25. The number of nitrogens with zero attached hydrogens (tertiary/aromatic N) is 3. The summed E-state index contributed by atoms with van der Waals surface area (Å²) in [7, 11) is 0. The zero-order valence-corrected chi connectivity index (χ0v) is 18.0. The van der Waals surface area contributed by atoms with E-state index in [1.807, 2.05) is 18.2 Å². The predicted molar refractivity (Wildman–Crippen MR) is 126 cm³/mol. The first-order chi connectivity index (χ1) is 15.3. The molecule has 0 radical (unpaired) electrons. The minimum absolute atomic E-state index is 0.451. The van der Waals surface area contributed by atoms with Gasteiger partial charge in [-0.05, 0) is 49.5 Å². The van der Waals surface area contributed by atoms with E-state index >= 15 is 0 Å². The average Bonchev–Trinajstić information content (AvgIpc) is 3.31. The van der Waals surface area contributed by atoms with Gasteiger partial charge in [-0.1, -0.05) is 84.4 Å². The van der Waals surface area contributed by atoms with Crippen molar-refractivity contribution in [2.45, 2.75) is 32.2 Å². The first-order valence-corrected chi connectivity index (χ1v) is 11.1. The van der Waals surface area contributed by atoms with Gasteiger partial charge in [0.1, 0.15) is 5.82 Å². The number of aromatic amines is 1. The zero-order valence-electron chi connectivity index (χ0n) is 18.0. The lowest BCUT2D eigenvalue weighted by atomic mass is 9.94. The van der Waals surface area contributed by atoms with Gasteiger partial charge in [-0.2, -0.15) is 5.10 Å². The molecule has 0 aliphatic carbocycles. The molecule has 2 heterocycles. The molecule has 1 fully saturated rings. The van der Waals surface area contributed by atoms with Gasteiger partial charge in [-0.25, -0.2) is 4.98 Å². The maximum Gasteiger partial charge on any atom is 0.181 e. The highest BCUT2D eigenvalue weighted by molar-refractivity contribution is 5.67. The van der Waals surface area contributed by atoms with Crippen LogP contribution in [0.5, 0.6) is 0 Å². The average molecular weight is 409 g/mol. The number of hydrogen-bond acceptors (Lipinski definition) is 3. The molecule has 0 saturated carbocycles. The van der Waals surface area contributed by atoms with Gasteiger partial charge in [-0.15, -0.1) is 0 Å². The molecule has 4 heteroatoms. The van der Waals surface area contributed by atoms with Gasteiger partial charge >= 0.3 is 0 Å². The fourth-order valence-corrected chi connectivity index (χ4v) is 4.53. The highest BCUT2D eigenvalue weighted by Gasteiger charge is 2.24. The summed E-state index contributed by atoms with van der Waals surface area (Å²) in [5, 5.41) is 7.65. The fourth-order valence-electron chi connectivity index (χ4n) is 4.53. The van der Waals surface area contributed by atoms with Gasteiger partial charge in [0.25, 0.3) is 0 Å². The van der Waals surface area contributed by atoms with Crippen molar-refractivity contribution in [3.8, 4) is 22.5 Å². The highest BCUT2D eigenvalue weighted by Crippen LogP contribution is 2.30. The first-order valence-electron chi connectivity index (χ1n) is 11.1. The summed E-state index contributed by atoms with van der Waals surface area (Å²) in [6.07, 6.45) is 2.21. The van der Waals surface area contributed by atoms with Crippen LogP contribution in [0.4, 0.5) is 0 Å². The Balaban J connectivity index is 1.26. The summed E-state index contributed by atoms with van der Waals surface area (Å²) >= 11 is 0. The first kappa shape index (κ1) is 19.7. The SMILES string of the molecule is Cc1ccc(-c2ccccc2)c(CN2CCC(c3nc(-c4ccccc4)n[nH]3)CC2)c1. The Hall–Kier alpha value is -3.24. The number of piperidine rings is 1. The molecule has 1 aromatic heterocycles. The molecule has 5 rings (SSSR count). The molecule has 4 nitrogen and oxygen atoms in total. The molecule has 0 atom stereocenters. The van der Waals surface area contributed by atoms with E-state index in [1.165, 1.54) is 22.3 Å². The van der Waals surface area contributed by atoms with Crippen molar-refractivity contribution in [3.63, 3.8) is 0 Å². The van der Waals surface area contributed by atoms with Crippen LogP contribution in [0.25, 0.3) is 22.5 Å². The third kappa shape index (κ3) is 4.44. The van der Waals surface area contributed by atoms with Crippen LogP contribution in [0.3, 0.4) is 0 Å². The molecule has 0 bridgehead atoms. The summed E-state index contributed by atoms with van der Waals surface area (Å²) in [6.45, 7) is 5.32. The van der Waals surface area contributed by atoms with Crippen molar-refractivity contribution in [3.05, 3.63) is 95.8 Å². The van der Waals surface area contributed by atoms with E-state index in [4.69, 9.17) is 4.98 Å². The van der Waals surface area contributed by atoms with E-state index in [0.717, 1.165) is 49.7 Å². The van der Waals surface area contributed by atoms with E-state index in [0.29, 0.717) is 5.92 Å². The number of likely N-dealkylation sites (tertiary alicyclic amines) is 1. The summed E-state index contributed by atoms with van der Waals surface area (Å²) in [4.78, 5) is 7.37. The van der Waals surface area contributed by atoms with E-state index in [9.17, 15) is 0 Å². The maximum absolute atomic E-state index is 4.79. The van der Waals surface area contributed by atoms with Crippen LogP contribution in [0.2, 0.25) is 0 Å². The molecule has 1 aliphatic heterocycles. The molecule has 1 aliphatic rings. The summed E-state index contributed by atoms with van der Waals surface area (Å²) in [6, 6.07) is 27.7. The van der Waals surface area contributed by atoms with Crippen LogP contribution in [0.1, 0.15) is 35.7 Å². The van der Waals surface area contributed by atoms with Crippen molar-refractivity contribution >= 4 is 0 Å². The molecule has 31 heavy (non-hydrogen) atoms. The lowest BCUT2D eigenvalue weighted by Gasteiger charge is -2.31. The molecule has 1 N–H and O–H groups in total. The van der Waals surface area contributed by atoms with Crippen molar-refractivity contribution in [1.29, 1.82) is 0 Å². The monoisotopic (exact) mass is 408 g/mol. The number of nitrogens with one attached hydrogen (secondary N) is 1. The van der Waals surface area contributed by atoms with Crippen molar-refractivity contribution in [2.24, 2.45) is 0 Å². The lowest BCUT2D eigenvalue weighted by Crippen LogP contribution is -2.33. The second-order valence-electron chi connectivity index (χ2n) is 8.49. The van der Waals surface area contributed by atoms with Crippen LogP contribution in [0, 0.1) is 6.92 Å². The Morgan fingerprint density at radius 1 is 0.871 bits per heavy atom. The molecule has 4 aromatic rings. The number of H-pyrrole nitrogens is 1. The number of aryl methyl sites for hydroxylation is 1. The van der Waals surface area contributed by atoms with Crippen molar-refractivity contribution in [2.75, 3.05) is 13.1 Å². The summed E-state index contributed by atoms with van der Waals surface area (Å²) < 4.78 is 0. The second-order valence-corrected chi connectivity index (χ2v) is 8.49. The Morgan fingerprint density at radius 2 is 1.55 bits per heavy atom. The molecule has 156 valence electrons. The maximum atomic E-state index is 4.79.